The highest BCUT2D eigenvalue weighted by Gasteiger charge is 1.96. The van der Waals surface area contributed by atoms with Gasteiger partial charge in [-0.2, -0.15) is 4.73 Å². The fourth-order valence-electron chi connectivity index (χ4n) is 1.23. The van der Waals surface area contributed by atoms with Gasteiger partial charge in [0.05, 0.1) is 5.69 Å². The molecular formula is C11H8Cl2N2O. The lowest BCUT2D eigenvalue weighted by Gasteiger charge is -2.00. The number of rotatable bonds is 1. The SMILES string of the molecule is On1c(Cl)cccc1=Nc1cccc(Cl)c1. The second-order valence-corrected chi connectivity index (χ2v) is 3.93. The second-order valence-electron chi connectivity index (χ2n) is 3.11. The molecule has 1 N–H and O–H groups in total. The first kappa shape index (κ1) is 11.0. The minimum atomic E-state index is 0.197. The van der Waals surface area contributed by atoms with Crippen LogP contribution in [0, 0.1) is 0 Å². The normalized spacial score (nSPS) is 11.8. The minimum absolute atomic E-state index is 0.197. The number of hydrogen-bond acceptors (Lipinski definition) is 2. The van der Waals surface area contributed by atoms with Gasteiger partial charge in [0.25, 0.3) is 0 Å². The minimum Gasteiger partial charge on any atom is -0.426 e. The summed E-state index contributed by atoms with van der Waals surface area (Å²) >= 11 is 11.6. The largest absolute Gasteiger partial charge is 0.426 e. The summed E-state index contributed by atoms with van der Waals surface area (Å²) in [6.07, 6.45) is 0. The monoisotopic (exact) mass is 254 g/mol. The predicted octanol–water partition coefficient (Wildman–Crippen LogP) is 3.26. The Morgan fingerprint density at radius 1 is 1.06 bits per heavy atom. The van der Waals surface area contributed by atoms with E-state index >= 15 is 0 Å². The molecule has 0 spiro atoms. The van der Waals surface area contributed by atoms with Crippen molar-refractivity contribution in [3.63, 3.8) is 0 Å². The van der Waals surface area contributed by atoms with E-state index in [0.29, 0.717) is 16.2 Å². The van der Waals surface area contributed by atoms with Crippen molar-refractivity contribution in [3.05, 3.63) is 58.1 Å². The molecule has 0 saturated carbocycles. The number of nitrogens with zero attached hydrogens (tertiary/aromatic N) is 2. The van der Waals surface area contributed by atoms with E-state index < -0.39 is 0 Å². The summed E-state index contributed by atoms with van der Waals surface area (Å²) in [7, 11) is 0. The van der Waals surface area contributed by atoms with Crippen molar-refractivity contribution in [1.29, 1.82) is 0 Å². The topological polar surface area (TPSA) is 37.5 Å². The molecule has 1 aromatic carbocycles. The Balaban J connectivity index is 2.56. The Morgan fingerprint density at radius 2 is 1.81 bits per heavy atom. The van der Waals surface area contributed by atoms with Gasteiger partial charge in [0.15, 0.2) is 5.49 Å². The van der Waals surface area contributed by atoms with Crippen molar-refractivity contribution in [2.24, 2.45) is 4.99 Å². The zero-order valence-electron chi connectivity index (χ0n) is 8.14. The lowest BCUT2D eigenvalue weighted by molar-refractivity contribution is 0.173. The fourth-order valence-corrected chi connectivity index (χ4v) is 1.57. The van der Waals surface area contributed by atoms with Crippen LogP contribution in [0.15, 0.2) is 47.5 Å². The van der Waals surface area contributed by atoms with Crippen LogP contribution in [0.1, 0.15) is 0 Å². The van der Waals surface area contributed by atoms with Crippen molar-refractivity contribution in [2.75, 3.05) is 0 Å². The molecule has 16 heavy (non-hydrogen) atoms. The lowest BCUT2D eigenvalue weighted by atomic mass is 10.3. The third kappa shape index (κ3) is 2.38. The molecule has 0 bridgehead atoms. The van der Waals surface area contributed by atoms with E-state index in [4.69, 9.17) is 23.2 Å². The summed E-state index contributed by atoms with van der Waals surface area (Å²) in [5.74, 6) is 0. The molecule has 0 aliphatic carbocycles. The second kappa shape index (κ2) is 4.60. The van der Waals surface area contributed by atoms with Gasteiger partial charge in [0, 0.05) is 5.02 Å². The summed E-state index contributed by atoms with van der Waals surface area (Å²) in [6, 6.07) is 11.9. The smallest absolute Gasteiger partial charge is 0.170 e. The molecular weight excluding hydrogens is 247 g/mol. The maximum Gasteiger partial charge on any atom is 0.170 e. The Labute approximate surface area is 102 Å². The summed E-state index contributed by atoms with van der Waals surface area (Å²) < 4.78 is 0.808. The molecule has 0 radical (unpaired) electrons. The molecule has 5 heteroatoms. The first-order valence-electron chi connectivity index (χ1n) is 4.54. The van der Waals surface area contributed by atoms with Crippen molar-refractivity contribution >= 4 is 28.9 Å². The molecule has 0 amide bonds. The molecule has 3 nitrogen and oxygen atoms in total. The third-order valence-electron chi connectivity index (χ3n) is 1.95. The zero-order valence-corrected chi connectivity index (χ0v) is 9.65. The summed E-state index contributed by atoms with van der Waals surface area (Å²) in [5.41, 5.74) is 0.993. The van der Waals surface area contributed by atoms with Crippen molar-refractivity contribution < 1.29 is 5.21 Å². The van der Waals surface area contributed by atoms with Gasteiger partial charge in [-0.15, -0.1) is 0 Å². The molecule has 2 aromatic rings. The van der Waals surface area contributed by atoms with Crippen LogP contribution >= 0.6 is 23.2 Å². The average Bonchev–Trinajstić information content (AvgIpc) is 2.25. The number of halogens is 2. The molecule has 1 heterocycles. The van der Waals surface area contributed by atoms with Gasteiger partial charge in [0.2, 0.25) is 0 Å². The first-order chi connectivity index (χ1) is 7.66. The third-order valence-corrected chi connectivity index (χ3v) is 2.47. The van der Waals surface area contributed by atoms with Crippen molar-refractivity contribution in [3.8, 4) is 0 Å². The Hall–Kier alpha value is -1.45. The molecule has 82 valence electrons. The van der Waals surface area contributed by atoms with E-state index in [1.807, 2.05) is 0 Å². The van der Waals surface area contributed by atoms with Gasteiger partial charge in [0.1, 0.15) is 5.15 Å². The molecule has 0 unspecified atom stereocenters. The van der Waals surface area contributed by atoms with E-state index in [-0.39, 0.29) is 5.15 Å². The van der Waals surface area contributed by atoms with Gasteiger partial charge in [-0.05, 0) is 30.3 Å². The van der Waals surface area contributed by atoms with Crippen LogP contribution in [0.3, 0.4) is 0 Å². The molecule has 0 atom stereocenters. The highest BCUT2D eigenvalue weighted by molar-refractivity contribution is 6.30. The van der Waals surface area contributed by atoms with Gasteiger partial charge < -0.3 is 5.21 Å². The number of hydrogen-bond donors (Lipinski definition) is 1. The van der Waals surface area contributed by atoms with E-state index in [0.717, 1.165) is 4.73 Å². The van der Waals surface area contributed by atoms with Crippen LogP contribution in [0.25, 0.3) is 0 Å². The number of pyridine rings is 1. The standard InChI is InChI=1S/C11H8Cl2N2O/c12-8-3-1-4-9(7-8)14-11-6-2-5-10(13)15(11)16/h1-7,16H. The molecule has 1 aromatic heterocycles. The predicted molar refractivity (Wildman–Crippen MR) is 63.3 cm³/mol. The summed E-state index contributed by atoms with van der Waals surface area (Å²) in [4.78, 5) is 4.21. The first-order valence-corrected chi connectivity index (χ1v) is 5.29. The van der Waals surface area contributed by atoms with Crippen LogP contribution in [0.4, 0.5) is 5.69 Å². The Kier molecular flexibility index (Phi) is 3.17. The molecule has 0 saturated heterocycles. The summed E-state index contributed by atoms with van der Waals surface area (Å²) in [6.45, 7) is 0. The van der Waals surface area contributed by atoms with Gasteiger partial charge >= 0.3 is 0 Å². The molecule has 0 fully saturated rings. The van der Waals surface area contributed by atoms with E-state index in [9.17, 15) is 5.21 Å². The van der Waals surface area contributed by atoms with Crippen LogP contribution < -0.4 is 5.49 Å². The van der Waals surface area contributed by atoms with E-state index in [1.54, 1.807) is 42.5 Å². The lowest BCUT2D eigenvalue weighted by Crippen LogP contribution is -2.17. The van der Waals surface area contributed by atoms with Crippen LogP contribution in [-0.2, 0) is 0 Å². The van der Waals surface area contributed by atoms with E-state index in [2.05, 4.69) is 4.99 Å². The molecule has 2 rings (SSSR count). The Bertz CT molecular complexity index is 578. The van der Waals surface area contributed by atoms with Crippen LogP contribution in [-0.4, -0.2) is 9.94 Å². The van der Waals surface area contributed by atoms with Crippen LogP contribution in [0.5, 0.6) is 0 Å². The summed E-state index contributed by atoms with van der Waals surface area (Å²) in [5, 5.41) is 10.4. The number of aromatic nitrogens is 1. The highest BCUT2D eigenvalue weighted by Crippen LogP contribution is 2.17. The Morgan fingerprint density at radius 3 is 2.56 bits per heavy atom. The quantitative estimate of drug-likeness (QED) is 0.616. The van der Waals surface area contributed by atoms with E-state index in [1.165, 1.54) is 0 Å². The van der Waals surface area contributed by atoms with Gasteiger partial charge in [-0.25, -0.2) is 4.99 Å². The fraction of sp³-hybridized carbons (Fsp3) is 0. The molecule has 0 aliphatic rings. The van der Waals surface area contributed by atoms with Crippen LogP contribution in [0.2, 0.25) is 10.2 Å². The van der Waals surface area contributed by atoms with Crippen molar-refractivity contribution in [2.45, 2.75) is 0 Å². The maximum atomic E-state index is 9.59. The van der Waals surface area contributed by atoms with Crippen molar-refractivity contribution in [1.82, 2.24) is 4.73 Å². The number of benzene rings is 1. The zero-order chi connectivity index (χ0) is 11.5. The molecule has 0 aliphatic heterocycles. The van der Waals surface area contributed by atoms with Gasteiger partial charge in [-0.3, -0.25) is 0 Å². The highest BCUT2D eigenvalue weighted by atomic mass is 35.5. The maximum absolute atomic E-state index is 9.59. The van der Waals surface area contributed by atoms with Gasteiger partial charge in [-0.1, -0.05) is 35.3 Å². The average molecular weight is 255 g/mol.